The zero-order valence-corrected chi connectivity index (χ0v) is 9.88. The van der Waals surface area contributed by atoms with Crippen molar-refractivity contribution in [3.05, 3.63) is 34.7 Å². The van der Waals surface area contributed by atoms with Crippen LogP contribution in [-0.4, -0.2) is 24.4 Å². The number of nitrogens with one attached hydrogen (secondary N) is 1. The lowest BCUT2D eigenvalue weighted by Crippen LogP contribution is -2.39. The van der Waals surface area contributed by atoms with Crippen LogP contribution in [0.2, 0.25) is 0 Å². The molecule has 0 bridgehead atoms. The highest BCUT2D eigenvalue weighted by Gasteiger charge is 2.26. The number of carbonyl (C=O) groups excluding carboxylic acids is 1. The molecule has 3 nitrogen and oxygen atoms in total. The number of carbonyl (C=O) groups is 1. The molecule has 15 heavy (non-hydrogen) atoms. The van der Waals surface area contributed by atoms with Crippen LogP contribution in [0.3, 0.4) is 0 Å². The first-order valence-electron chi connectivity index (χ1n) is 4.95. The molecule has 0 saturated carbocycles. The first kappa shape index (κ1) is 11.9. The summed E-state index contributed by atoms with van der Waals surface area (Å²) in [6.45, 7) is 4.00. The molecule has 2 rings (SSSR count). The number of dihydropyridines is 1. The number of nitrogens with zero attached hydrogens (tertiary/aromatic N) is 1. The third-order valence-corrected chi connectivity index (χ3v) is 2.43. The van der Waals surface area contributed by atoms with Crippen LogP contribution < -0.4 is 5.32 Å². The summed E-state index contributed by atoms with van der Waals surface area (Å²) < 4.78 is 0. The van der Waals surface area contributed by atoms with Crippen molar-refractivity contribution in [2.75, 3.05) is 7.05 Å². The van der Waals surface area contributed by atoms with Gasteiger partial charge in [-0.3, -0.25) is 4.79 Å². The van der Waals surface area contributed by atoms with Gasteiger partial charge in [0.25, 0.3) is 0 Å². The third kappa shape index (κ3) is 2.23. The summed E-state index contributed by atoms with van der Waals surface area (Å²) in [6, 6.07) is 0. The molecule has 0 fully saturated rings. The van der Waals surface area contributed by atoms with E-state index in [2.05, 4.69) is 5.32 Å². The van der Waals surface area contributed by atoms with E-state index in [1.807, 2.05) is 38.1 Å². The summed E-state index contributed by atoms with van der Waals surface area (Å²) >= 11 is 5.82. The van der Waals surface area contributed by atoms with Crippen molar-refractivity contribution in [2.24, 2.45) is 0 Å². The zero-order valence-electron chi connectivity index (χ0n) is 9.12. The Kier molecular flexibility index (Phi) is 3.97. The molecule has 0 amide bonds. The van der Waals surface area contributed by atoms with Gasteiger partial charge in [-0.25, -0.2) is 0 Å². The van der Waals surface area contributed by atoms with Gasteiger partial charge in [-0.2, -0.15) is 0 Å². The molecule has 0 radical (unpaired) electrons. The SMILES string of the molecule is CC.CN1C=CC2=C(C=O)C=C(Cl)NC21. The van der Waals surface area contributed by atoms with Crippen LogP contribution in [0.5, 0.6) is 0 Å². The monoisotopic (exact) mass is 226 g/mol. The molecule has 82 valence electrons. The van der Waals surface area contributed by atoms with Gasteiger partial charge in [-0.1, -0.05) is 25.4 Å². The number of rotatable bonds is 1. The number of likely N-dealkylation sites (N-methyl/N-ethyl adjacent to an activating group) is 1. The van der Waals surface area contributed by atoms with Crippen molar-refractivity contribution in [1.82, 2.24) is 10.2 Å². The number of hydrogen-bond acceptors (Lipinski definition) is 3. The first-order chi connectivity index (χ1) is 7.22. The lowest BCUT2D eigenvalue weighted by molar-refractivity contribution is -0.104. The van der Waals surface area contributed by atoms with E-state index in [0.717, 1.165) is 11.9 Å². The summed E-state index contributed by atoms with van der Waals surface area (Å²) in [6.07, 6.45) is 6.32. The predicted octanol–water partition coefficient (Wildman–Crippen LogP) is 1.98. The predicted molar refractivity (Wildman–Crippen MR) is 62.2 cm³/mol. The fourth-order valence-electron chi connectivity index (χ4n) is 1.52. The van der Waals surface area contributed by atoms with Crippen molar-refractivity contribution < 1.29 is 4.79 Å². The van der Waals surface area contributed by atoms with Gasteiger partial charge < -0.3 is 10.2 Å². The van der Waals surface area contributed by atoms with Crippen LogP contribution in [0, 0.1) is 0 Å². The summed E-state index contributed by atoms with van der Waals surface area (Å²) in [5.41, 5.74) is 1.62. The van der Waals surface area contributed by atoms with E-state index < -0.39 is 0 Å². The minimum absolute atomic E-state index is 0.0118. The van der Waals surface area contributed by atoms with Crippen LogP contribution in [-0.2, 0) is 4.79 Å². The van der Waals surface area contributed by atoms with E-state index in [0.29, 0.717) is 10.7 Å². The average Bonchev–Trinajstić information content (AvgIpc) is 2.62. The second kappa shape index (κ2) is 5.03. The average molecular weight is 227 g/mol. The second-order valence-electron chi connectivity index (χ2n) is 3.05. The molecule has 2 aliphatic rings. The number of allylic oxidation sites excluding steroid dienone is 2. The molecule has 1 unspecified atom stereocenters. The largest absolute Gasteiger partial charge is 0.357 e. The highest BCUT2D eigenvalue weighted by Crippen LogP contribution is 2.26. The Morgan fingerprint density at radius 3 is 2.80 bits per heavy atom. The zero-order chi connectivity index (χ0) is 11.4. The maximum Gasteiger partial charge on any atom is 0.150 e. The molecular formula is C11H15ClN2O. The van der Waals surface area contributed by atoms with E-state index >= 15 is 0 Å². The molecule has 0 aliphatic carbocycles. The Labute approximate surface area is 95.1 Å². The molecule has 0 saturated heterocycles. The Bertz CT molecular complexity index is 344. The van der Waals surface area contributed by atoms with Gasteiger partial charge >= 0.3 is 0 Å². The normalized spacial score (nSPS) is 22.5. The van der Waals surface area contributed by atoms with E-state index in [4.69, 9.17) is 11.6 Å². The van der Waals surface area contributed by atoms with Crippen LogP contribution in [0.15, 0.2) is 34.7 Å². The Balaban J connectivity index is 0.000000531. The lowest BCUT2D eigenvalue weighted by Gasteiger charge is -2.27. The number of aldehydes is 1. The van der Waals surface area contributed by atoms with Gasteiger partial charge in [0.15, 0.2) is 6.29 Å². The van der Waals surface area contributed by atoms with Crippen molar-refractivity contribution in [3.63, 3.8) is 0 Å². The number of fused-ring (bicyclic) bond motifs is 1. The van der Waals surface area contributed by atoms with E-state index in [1.165, 1.54) is 0 Å². The van der Waals surface area contributed by atoms with Gasteiger partial charge in [-0.15, -0.1) is 0 Å². The standard InChI is InChI=1S/C9H9ClN2O.C2H6/c1-12-3-2-7-6(5-13)4-8(10)11-9(7)12;1-2/h2-5,9,11H,1H3;1-2H3. The van der Waals surface area contributed by atoms with Crippen molar-refractivity contribution in [3.8, 4) is 0 Å². The van der Waals surface area contributed by atoms with Gasteiger partial charge in [0.1, 0.15) is 11.3 Å². The van der Waals surface area contributed by atoms with Crippen LogP contribution in [0.25, 0.3) is 0 Å². The maximum absolute atomic E-state index is 10.7. The second-order valence-corrected chi connectivity index (χ2v) is 3.46. The highest BCUT2D eigenvalue weighted by molar-refractivity contribution is 6.29. The number of halogens is 1. The molecule has 4 heteroatoms. The molecular weight excluding hydrogens is 212 g/mol. The quantitative estimate of drug-likeness (QED) is 0.548. The summed E-state index contributed by atoms with van der Waals surface area (Å²) in [5.74, 6) is 0. The van der Waals surface area contributed by atoms with Gasteiger partial charge in [0, 0.05) is 24.4 Å². The molecule has 2 aliphatic heterocycles. The van der Waals surface area contributed by atoms with E-state index in [-0.39, 0.29) is 6.17 Å². The molecule has 1 N–H and O–H groups in total. The smallest absolute Gasteiger partial charge is 0.150 e. The lowest BCUT2D eigenvalue weighted by atomic mass is 10.1. The topological polar surface area (TPSA) is 32.3 Å². The van der Waals surface area contributed by atoms with Gasteiger partial charge in [0.2, 0.25) is 0 Å². The minimum atomic E-state index is 0.0118. The molecule has 0 aromatic rings. The minimum Gasteiger partial charge on any atom is -0.357 e. The molecule has 0 aromatic heterocycles. The van der Waals surface area contributed by atoms with Gasteiger partial charge in [0.05, 0.1) is 0 Å². The Morgan fingerprint density at radius 1 is 1.53 bits per heavy atom. The van der Waals surface area contributed by atoms with Gasteiger partial charge in [-0.05, 0) is 12.2 Å². The fourth-order valence-corrected chi connectivity index (χ4v) is 1.74. The number of hydrogen-bond donors (Lipinski definition) is 1. The summed E-state index contributed by atoms with van der Waals surface area (Å²) in [4.78, 5) is 12.7. The van der Waals surface area contributed by atoms with Crippen LogP contribution in [0.1, 0.15) is 13.8 Å². The van der Waals surface area contributed by atoms with Crippen molar-refractivity contribution >= 4 is 17.9 Å². The van der Waals surface area contributed by atoms with E-state index in [9.17, 15) is 4.79 Å². The van der Waals surface area contributed by atoms with E-state index in [1.54, 1.807) is 6.08 Å². The maximum atomic E-state index is 10.7. The molecule has 0 aromatic carbocycles. The fraction of sp³-hybridized carbons (Fsp3) is 0.364. The molecule has 1 atom stereocenters. The highest BCUT2D eigenvalue weighted by atomic mass is 35.5. The third-order valence-electron chi connectivity index (χ3n) is 2.21. The van der Waals surface area contributed by atoms with Crippen LogP contribution in [0.4, 0.5) is 0 Å². The summed E-state index contributed by atoms with van der Waals surface area (Å²) in [5, 5.41) is 3.57. The van der Waals surface area contributed by atoms with Crippen LogP contribution >= 0.6 is 11.6 Å². The molecule has 2 heterocycles. The van der Waals surface area contributed by atoms with Crippen molar-refractivity contribution in [1.29, 1.82) is 0 Å². The Hall–Kier alpha value is -1.22. The summed E-state index contributed by atoms with van der Waals surface area (Å²) in [7, 11) is 1.93. The Morgan fingerprint density at radius 2 is 2.20 bits per heavy atom. The van der Waals surface area contributed by atoms with Crippen molar-refractivity contribution in [2.45, 2.75) is 20.0 Å². The first-order valence-corrected chi connectivity index (χ1v) is 5.33. The molecule has 0 spiro atoms.